The second kappa shape index (κ2) is 7.72. The smallest absolute Gasteiger partial charge is 0.261 e. The Morgan fingerprint density at radius 2 is 1.96 bits per heavy atom. The van der Waals surface area contributed by atoms with Crippen LogP contribution in [0.2, 0.25) is 0 Å². The summed E-state index contributed by atoms with van der Waals surface area (Å²) < 4.78 is 10.5. The molecule has 1 aromatic heterocycles. The highest BCUT2D eigenvalue weighted by atomic mass is 16.5. The molecule has 1 aromatic carbocycles. The summed E-state index contributed by atoms with van der Waals surface area (Å²) in [4.78, 5) is 29.2. The lowest BCUT2D eigenvalue weighted by molar-refractivity contribution is -0.00237. The molecule has 1 saturated heterocycles. The van der Waals surface area contributed by atoms with Crippen LogP contribution in [0.3, 0.4) is 0 Å². The van der Waals surface area contributed by atoms with E-state index in [1.165, 1.54) is 11.0 Å². The highest BCUT2D eigenvalue weighted by Crippen LogP contribution is 2.21. The maximum absolute atomic E-state index is 12.6. The van der Waals surface area contributed by atoms with Gasteiger partial charge in [0.2, 0.25) is 0 Å². The number of aliphatic hydroxyl groups excluding tert-OH is 1. The van der Waals surface area contributed by atoms with Gasteiger partial charge < -0.3 is 24.5 Å². The van der Waals surface area contributed by atoms with E-state index in [1.807, 2.05) is 19.1 Å². The lowest BCUT2D eigenvalue weighted by atomic mass is 10.1. The van der Waals surface area contributed by atoms with Gasteiger partial charge in [0.15, 0.2) is 0 Å². The number of pyridine rings is 1. The lowest BCUT2D eigenvalue weighted by Gasteiger charge is -2.15. The fourth-order valence-corrected chi connectivity index (χ4v) is 3.05. The molecular formula is C19H22N2O5. The predicted octanol–water partition coefficient (Wildman–Crippen LogP) is 1.27. The molecule has 0 radical (unpaired) electrons. The molecular weight excluding hydrogens is 336 g/mol. The number of β-amino-alcohol motifs (C(OH)–C–C–N with tert-alkyl or cyclic N) is 1. The van der Waals surface area contributed by atoms with Gasteiger partial charge in [0.1, 0.15) is 17.4 Å². The van der Waals surface area contributed by atoms with Crippen molar-refractivity contribution in [2.24, 2.45) is 0 Å². The Balaban J connectivity index is 1.79. The fraction of sp³-hybridized carbons (Fsp3) is 0.368. The zero-order chi connectivity index (χ0) is 18.7. The third-order valence-corrected chi connectivity index (χ3v) is 4.45. The van der Waals surface area contributed by atoms with E-state index in [1.54, 1.807) is 25.3 Å². The molecule has 0 aliphatic carbocycles. The molecule has 0 spiro atoms. The minimum atomic E-state index is -0.739. The summed E-state index contributed by atoms with van der Waals surface area (Å²) in [5.74, 6) is 0.313. The van der Waals surface area contributed by atoms with E-state index in [0.29, 0.717) is 12.3 Å². The van der Waals surface area contributed by atoms with E-state index in [-0.39, 0.29) is 18.7 Å². The molecule has 1 aliphatic heterocycles. The van der Waals surface area contributed by atoms with Crippen molar-refractivity contribution in [1.29, 1.82) is 0 Å². The molecule has 3 rings (SSSR count). The van der Waals surface area contributed by atoms with Crippen LogP contribution >= 0.6 is 0 Å². The van der Waals surface area contributed by atoms with E-state index in [2.05, 4.69) is 4.98 Å². The largest absolute Gasteiger partial charge is 0.497 e. The van der Waals surface area contributed by atoms with Gasteiger partial charge in [0.25, 0.3) is 11.5 Å². The number of aliphatic hydroxyl groups is 1. The zero-order valence-corrected chi connectivity index (χ0v) is 14.8. The lowest BCUT2D eigenvalue weighted by Crippen LogP contribution is -2.34. The first-order valence-corrected chi connectivity index (χ1v) is 8.50. The van der Waals surface area contributed by atoms with Crippen molar-refractivity contribution in [3.05, 3.63) is 52.3 Å². The molecule has 2 heterocycles. The normalized spacial score (nSPS) is 19.6. The third kappa shape index (κ3) is 3.63. The van der Waals surface area contributed by atoms with E-state index in [9.17, 15) is 14.7 Å². The van der Waals surface area contributed by atoms with Crippen molar-refractivity contribution in [2.45, 2.75) is 19.1 Å². The maximum Gasteiger partial charge on any atom is 0.261 e. The van der Waals surface area contributed by atoms with Crippen molar-refractivity contribution < 1.29 is 19.4 Å². The maximum atomic E-state index is 12.6. The number of nitrogens with one attached hydrogen (secondary N) is 1. The standard InChI is InChI=1S/C19H22N2O5/c1-3-26-17-11-21(10-16(17)22)19(24)14-8-9-15(20-18(14)23)12-4-6-13(25-2)7-5-12/h4-9,16-17,22H,3,10-11H2,1-2H3,(H,20,23)/t16-,17-/m1/s1. The van der Waals surface area contributed by atoms with Gasteiger partial charge in [-0.15, -0.1) is 0 Å². The molecule has 0 saturated carbocycles. The summed E-state index contributed by atoms with van der Waals surface area (Å²) in [5, 5.41) is 9.98. The molecule has 26 heavy (non-hydrogen) atoms. The van der Waals surface area contributed by atoms with Gasteiger partial charge in [-0.1, -0.05) is 0 Å². The van der Waals surface area contributed by atoms with E-state index in [4.69, 9.17) is 9.47 Å². The van der Waals surface area contributed by atoms with Crippen LogP contribution in [0.1, 0.15) is 17.3 Å². The number of ether oxygens (including phenoxy) is 2. The van der Waals surface area contributed by atoms with Crippen LogP contribution in [-0.4, -0.2) is 59.9 Å². The Labute approximate surface area is 151 Å². The Bertz CT molecular complexity index is 831. The van der Waals surface area contributed by atoms with Gasteiger partial charge in [0.05, 0.1) is 13.2 Å². The number of nitrogens with zero attached hydrogens (tertiary/aromatic N) is 1. The van der Waals surface area contributed by atoms with Gasteiger partial charge in [-0.25, -0.2) is 0 Å². The predicted molar refractivity (Wildman–Crippen MR) is 96.4 cm³/mol. The zero-order valence-electron chi connectivity index (χ0n) is 14.8. The summed E-state index contributed by atoms with van der Waals surface area (Å²) in [6.07, 6.45) is -1.15. The Kier molecular flexibility index (Phi) is 5.39. The molecule has 2 N–H and O–H groups in total. The van der Waals surface area contributed by atoms with Crippen molar-refractivity contribution in [3.8, 4) is 17.0 Å². The average molecular weight is 358 g/mol. The summed E-state index contributed by atoms with van der Waals surface area (Å²) in [6.45, 7) is 2.72. The topological polar surface area (TPSA) is 91.9 Å². The molecule has 2 aromatic rings. The molecule has 7 nitrogen and oxygen atoms in total. The molecule has 0 bridgehead atoms. The molecule has 138 valence electrons. The number of H-pyrrole nitrogens is 1. The fourth-order valence-electron chi connectivity index (χ4n) is 3.05. The molecule has 1 amide bonds. The van der Waals surface area contributed by atoms with E-state index >= 15 is 0 Å². The number of rotatable bonds is 5. The first-order valence-electron chi connectivity index (χ1n) is 8.50. The number of methoxy groups -OCH3 is 1. The molecule has 1 aliphatic rings. The van der Waals surface area contributed by atoms with Crippen molar-refractivity contribution >= 4 is 5.91 Å². The van der Waals surface area contributed by atoms with Crippen LogP contribution in [0.15, 0.2) is 41.2 Å². The van der Waals surface area contributed by atoms with E-state index in [0.717, 1.165) is 11.3 Å². The van der Waals surface area contributed by atoms with Crippen LogP contribution in [0.25, 0.3) is 11.3 Å². The van der Waals surface area contributed by atoms with E-state index < -0.39 is 23.7 Å². The molecule has 2 atom stereocenters. The van der Waals surface area contributed by atoms with Crippen molar-refractivity contribution in [3.63, 3.8) is 0 Å². The van der Waals surface area contributed by atoms with Gasteiger partial charge in [0, 0.05) is 25.4 Å². The molecule has 1 fully saturated rings. The monoisotopic (exact) mass is 358 g/mol. The Morgan fingerprint density at radius 1 is 1.23 bits per heavy atom. The SMILES string of the molecule is CCO[C@@H]1CN(C(=O)c2ccc(-c3ccc(OC)cc3)[nH]c2=O)C[C@H]1O. The van der Waals surface area contributed by atoms with Gasteiger partial charge in [-0.3, -0.25) is 9.59 Å². The summed E-state index contributed by atoms with van der Waals surface area (Å²) in [6, 6.07) is 10.5. The van der Waals surface area contributed by atoms with Gasteiger partial charge in [-0.2, -0.15) is 0 Å². The number of carbonyl (C=O) groups excluding carboxylic acids is 1. The number of hydrogen-bond acceptors (Lipinski definition) is 5. The number of carbonyl (C=O) groups is 1. The second-order valence-electron chi connectivity index (χ2n) is 6.11. The highest BCUT2D eigenvalue weighted by Gasteiger charge is 2.35. The minimum Gasteiger partial charge on any atom is -0.497 e. The van der Waals surface area contributed by atoms with Crippen molar-refractivity contribution in [2.75, 3.05) is 26.8 Å². The minimum absolute atomic E-state index is 0.0478. The number of aromatic amines is 1. The summed E-state index contributed by atoms with van der Waals surface area (Å²) in [5.41, 5.74) is 1.02. The van der Waals surface area contributed by atoms with Crippen LogP contribution in [0.4, 0.5) is 0 Å². The first-order chi connectivity index (χ1) is 12.5. The summed E-state index contributed by atoms with van der Waals surface area (Å²) >= 11 is 0. The molecule has 7 heteroatoms. The van der Waals surface area contributed by atoms with Crippen LogP contribution in [0.5, 0.6) is 5.75 Å². The molecule has 0 unspecified atom stereocenters. The number of hydrogen-bond donors (Lipinski definition) is 2. The van der Waals surface area contributed by atoms with Gasteiger partial charge >= 0.3 is 0 Å². The third-order valence-electron chi connectivity index (χ3n) is 4.45. The number of amides is 1. The summed E-state index contributed by atoms with van der Waals surface area (Å²) in [7, 11) is 1.59. The first kappa shape index (κ1) is 18.2. The van der Waals surface area contributed by atoms with Gasteiger partial charge in [-0.05, 0) is 48.9 Å². The van der Waals surface area contributed by atoms with Crippen molar-refractivity contribution in [1.82, 2.24) is 9.88 Å². The number of likely N-dealkylation sites (tertiary alicyclic amines) is 1. The Morgan fingerprint density at radius 3 is 2.58 bits per heavy atom. The Hall–Kier alpha value is -2.64. The highest BCUT2D eigenvalue weighted by molar-refractivity contribution is 5.94. The number of benzene rings is 1. The van der Waals surface area contributed by atoms with Crippen LogP contribution in [-0.2, 0) is 4.74 Å². The second-order valence-corrected chi connectivity index (χ2v) is 6.11. The quantitative estimate of drug-likeness (QED) is 0.840. The van der Waals surface area contributed by atoms with Crippen LogP contribution < -0.4 is 10.3 Å². The van der Waals surface area contributed by atoms with Crippen LogP contribution in [0, 0.1) is 0 Å². The number of aromatic nitrogens is 1. The average Bonchev–Trinajstić information content (AvgIpc) is 3.02.